The van der Waals surface area contributed by atoms with E-state index in [1.165, 1.54) is 12.1 Å². The Hall–Kier alpha value is -3.32. The Labute approximate surface area is 149 Å². The molecule has 6 nitrogen and oxygen atoms in total. The van der Waals surface area contributed by atoms with Crippen molar-refractivity contribution < 1.29 is 9.90 Å². The van der Waals surface area contributed by atoms with Crippen LogP contribution in [0.3, 0.4) is 0 Å². The molecule has 0 amide bonds. The van der Waals surface area contributed by atoms with E-state index in [0.29, 0.717) is 5.11 Å². The average Bonchev–Trinajstić information content (AvgIpc) is 2.62. The topological polar surface area (TPSA) is 86.6 Å². The predicted molar refractivity (Wildman–Crippen MR) is 102 cm³/mol. The summed E-state index contributed by atoms with van der Waals surface area (Å²) in [5.74, 6) is -0.962. The van der Waals surface area contributed by atoms with E-state index < -0.39 is 5.97 Å². The molecule has 3 rings (SSSR count). The van der Waals surface area contributed by atoms with E-state index in [1.807, 2.05) is 30.3 Å². The van der Waals surface area contributed by atoms with Crippen LogP contribution in [-0.2, 0) is 0 Å². The Balaban J connectivity index is 1.63. The highest BCUT2D eigenvalue weighted by Gasteiger charge is 2.03. The molecule has 3 aromatic rings. The van der Waals surface area contributed by atoms with Crippen LogP contribution in [0.1, 0.15) is 15.9 Å². The Morgan fingerprint density at radius 2 is 1.88 bits per heavy atom. The molecule has 0 saturated carbocycles. The van der Waals surface area contributed by atoms with Crippen molar-refractivity contribution in [2.75, 3.05) is 5.32 Å². The van der Waals surface area contributed by atoms with Crippen molar-refractivity contribution in [1.29, 1.82) is 0 Å². The van der Waals surface area contributed by atoms with Crippen LogP contribution < -0.4 is 10.7 Å². The van der Waals surface area contributed by atoms with Crippen LogP contribution in [0.15, 0.2) is 65.9 Å². The fourth-order valence-corrected chi connectivity index (χ4v) is 2.40. The molecule has 0 spiro atoms. The maximum Gasteiger partial charge on any atom is 0.335 e. The number of para-hydroxylation sites is 1. The number of benzene rings is 2. The highest BCUT2D eigenvalue weighted by atomic mass is 32.1. The van der Waals surface area contributed by atoms with Crippen LogP contribution in [0.25, 0.3) is 10.9 Å². The number of aromatic nitrogens is 1. The standard InChI is InChI=1S/C18H14N4O2S/c23-17(24)14-8-6-12(7-9-14)11-20-22-18(25)21-15-5-1-3-13-4-2-10-19-16(13)15/h1-11H,(H,23,24)(H2,21,22,25)/b20-11-. The van der Waals surface area contributed by atoms with Crippen LogP contribution in [0, 0.1) is 0 Å². The lowest BCUT2D eigenvalue weighted by Crippen LogP contribution is -2.24. The summed E-state index contributed by atoms with van der Waals surface area (Å²) in [7, 11) is 0. The van der Waals surface area contributed by atoms with Gasteiger partial charge in [0.1, 0.15) is 0 Å². The number of carboxylic acid groups (broad SMARTS) is 1. The summed E-state index contributed by atoms with van der Waals surface area (Å²) in [6.07, 6.45) is 3.28. The van der Waals surface area contributed by atoms with E-state index in [-0.39, 0.29) is 5.56 Å². The number of hydrogen-bond acceptors (Lipinski definition) is 4. The van der Waals surface area contributed by atoms with Gasteiger partial charge in [0.25, 0.3) is 0 Å². The number of anilines is 1. The lowest BCUT2D eigenvalue weighted by atomic mass is 10.1. The quantitative estimate of drug-likeness (QED) is 0.380. The molecule has 3 N–H and O–H groups in total. The van der Waals surface area contributed by atoms with Crippen LogP contribution >= 0.6 is 12.2 Å². The second kappa shape index (κ2) is 7.50. The summed E-state index contributed by atoms with van der Waals surface area (Å²) < 4.78 is 0. The number of carbonyl (C=O) groups is 1. The number of aromatic carboxylic acids is 1. The van der Waals surface area contributed by atoms with Crippen molar-refractivity contribution in [3.05, 3.63) is 71.9 Å². The Morgan fingerprint density at radius 1 is 1.12 bits per heavy atom. The second-order valence-electron chi connectivity index (χ2n) is 5.13. The zero-order chi connectivity index (χ0) is 17.6. The van der Waals surface area contributed by atoms with E-state index in [9.17, 15) is 4.79 Å². The van der Waals surface area contributed by atoms with Crippen molar-refractivity contribution in [2.24, 2.45) is 5.10 Å². The number of nitrogens with one attached hydrogen (secondary N) is 2. The van der Waals surface area contributed by atoms with Crippen molar-refractivity contribution in [3.8, 4) is 0 Å². The highest BCUT2D eigenvalue weighted by Crippen LogP contribution is 2.20. The van der Waals surface area contributed by atoms with Crippen molar-refractivity contribution in [2.45, 2.75) is 0 Å². The molecule has 0 atom stereocenters. The first kappa shape index (κ1) is 16.5. The monoisotopic (exact) mass is 350 g/mol. The van der Waals surface area contributed by atoms with Gasteiger partial charge in [-0.05, 0) is 42.0 Å². The number of rotatable bonds is 4. The van der Waals surface area contributed by atoms with E-state index >= 15 is 0 Å². The van der Waals surface area contributed by atoms with Gasteiger partial charge in [0.05, 0.1) is 23.0 Å². The van der Waals surface area contributed by atoms with Crippen molar-refractivity contribution in [1.82, 2.24) is 10.4 Å². The minimum absolute atomic E-state index is 0.228. The number of pyridine rings is 1. The molecule has 0 fully saturated rings. The third kappa shape index (κ3) is 4.15. The fourth-order valence-electron chi connectivity index (χ4n) is 2.23. The van der Waals surface area contributed by atoms with Gasteiger partial charge in [0.15, 0.2) is 5.11 Å². The zero-order valence-corrected chi connectivity index (χ0v) is 13.8. The lowest BCUT2D eigenvalue weighted by Gasteiger charge is -2.09. The van der Waals surface area contributed by atoms with Crippen LogP contribution in [0.5, 0.6) is 0 Å². The van der Waals surface area contributed by atoms with Crippen LogP contribution in [0.4, 0.5) is 5.69 Å². The first-order valence-electron chi connectivity index (χ1n) is 7.40. The van der Waals surface area contributed by atoms with E-state index in [1.54, 1.807) is 24.5 Å². The Morgan fingerprint density at radius 3 is 2.64 bits per heavy atom. The molecule has 0 saturated heterocycles. The number of thiocarbonyl (C=S) groups is 1. The molecule has 1 aromatic heterocycles. The molecule has 0 aliphatic rings. The molecule has 0 radical (unpaired) electrons. The SMILES string of the molecule is O=C(O)c1ccc(/C=N\NC(=S)Nc2cccc3cccnc23)cc1. The smallest absolute Gasteiger partial charge is 0.335 e. The van der Waals surface area contributed by atoms with Gasteiger partial charge in [-0.15, -0.1) is 0 Å². The molecule has 1 heterocycles. The van der Waals surface area contributed by atoms with Gasteiger partial charge in [-0.3, -0.25) is 10.4 Å². The fraction of sp³-hybridized carbons (Fsp3) is 0. The van der Waals surface area contributed by atoms with E-state index in [2.05, 4.69) is 20.8 Å². The normalized spacial score (nSPS) is 10.7. The minimum Gasteiger partial charge on any atom is -0.478 e. The van der Waals surface area contributed by atoms with Crippen LogP contribution in [-0.4, -0.2) is 27.4 Å². The largest absolute Gasteiger partial charge is 0.478 e. The average molecular weight is 350 g/mol. The Bertz CT molecular complexity index is 949. The third-order valence-corrected chi connectivity index (χ3v) is 3.61. The molecule has 7 heteroatoms. The maximum absolute atomic E-state index is 10.8. The molecule has 0 unspecified atom stereocenters. The zero-order valence-electron chi connectivity index (χ0n) is 13.0. The highest BCUT2D eigenvalue weighted by molar-refractivity contribution is 7.80. The summed E-state index contributed by atoms with van der Waals surface area (Å²) in [6, 6.07) is 16.0. The van der Waals surface area contributed by atoms with Gasteiger partial charge in [0.2, 0.25) is 0 Å². The number of nitrogens with zero attached hydrogens (tertiary/aromatic N) is 2. The second-order valence-corrected chi connectivity index (χ2v) is 5.54. The summed E-state index contributed by atoms with van der Waals surface area (Å²) in [5.41, 5.74) is 5.32. The number of carboxylic acids is 1. The molecule has 0 aliphatic heterocycles. The first-order valence-corrected chi connectivity index (χ1v) is 7.81. The van der Waals surface area contributed by atoms with Gasteiger partial charge < -0.3 is 10.4 Å². The number of hydrogen-bond donors (Lipinski definition) is 3. The first-order chi connectivity index (χ1) is 12.1. The summed E-state index contributed by atoms with van der Waals surface area (Å²) in [6.45, 7) is 0. The van der Waals surface area contributed by atoms with Gasteiger partial charge in [0, 0.05) is 11.6 Å². The number of fused-ring (bicyclic) bond motifs is 1. The van der Waals surface area contributed by atoms with Gasteiger partial charge in [-0.2, -0.15) is 5.10 Å². The summed E-state index contributed by atoms with van der Waals surface area (Å²) in [5, 5.41) is 17.3. The molecule has 0 aliphatic carbocycles. The Kier molecular flexibility index (Phi) is 4.96. The molecule has 0 bridgehead atoms. The van der Waals surface area contributed by atoms with Crippen LogP contribution in [0.2, 0.25) is 0 Å². The molecular weight excluding hydrogens is 336 g/mol. The third-order valence-electron chi connectivity index (χ3n) is 3.42. The predicted octanol–water partition coefficient (Wildman–Crippen LogP) is 3.25. The van der Waals surface area contributed by atoms with E-state index in [0.717, 1.165) is 22.2 Å². The number of hydrazone groups is 1. The van der Waals surface area contributed by atoms with Gasteiger partial charge >= 0.3 is 5.97 Å². The molecule has 2 aromatic carbocycles. The van der Waals surface area contributed by atoms with Crippen molar-refractivity contribution in [3.63, 3.8) is 0 Å². The lowest BCUT2D eigenvalue weighted by molar-refractivity contribution is 0.0697. The van der Waals surface area contributed by atoms with Crippen molar-refractivity contribution >= 4 is 46.1 Å². The maximum atomic E-state index is 10.8. The minimum atomic E-state index is -0.962. The molecular formula is C18H14N4O2S. The summed E-state index contributed by atoms with van der Waals surface area (Å²) in [4.78, 5) is 15.2. The van der Waals surface area contributed by atoms with Gasteiger partial charge in [-0.1, -0.05) is 30.3 Å². The summed E-state index contributed by atoms with van der Waals surface area (Å²) >= 11 is 5.23. The van der Waals surface area contributed by atoms with Gasteiger partial charge in [-0.25, -0.2) is 4.79 Å². The molecule has 25 heavy (non-hydrogen) atoms. The van der Waals surface area contributed by atoms with E-state index in [4.69, 9.17) is 17.3 Å². The molecule has 124 valence electrons.